The molecule has 1 aromatic heterocycles. The van der Waals surface area contributed by atoms with Gasteiger partial charge in [-0.05, 0) is 23.8 Å². The van der Waals surface area contributed by atoms with Crippen LogP contribution in [0.25, 0.3) is 10.6 Å². The fourth-order valence-electron chi connectivity index (χ4n) is 2.77. The Bertz CT molecular complexity index is 841. The molecule has 0 radical (unpaired) electrons. The molecule has 26 heavy (non-hydrogen) atoms. The van der Waals surface area contributed by atoms with Crippen LogP contribution in [-0.2, 0) is 19.0 Å². The maximum atomic E-state index is 14.4. The highest BCUT2D eigenvalue weighted by atomic mass is 35.5. The standard InChI is InChI=1S/C20H20ClFN2OS/c21-11-18-14-26-20(23-18)16-6-7-19(22)17(10-16)13-24(8-9-25)12-15-4-2-1-3-5-15/h1-7,10,14,25H,8-9,11-13H2. The molecule has 3 rings (SSSR count). The second kappa shape index (κ2) is 9.24. The monoisotopic (exact) mass is 390 g/mol. The first-order valence-corrected chi connectivity index (χ1v) is 9.77. The van der Waals surface area contributed by atoms with Gasteiger partial charge in [0.25, 0.3) is 0 Å². The summed E-state index contributed by atoms with van der Waals surface area (Å²) in [5.41, 5.74) is 3.42. The molecule has 0 aliphatic carbocycles. The topological polar surface area (TPSA) is 36.4 Å². The van der Waals surface area contributed by atoms with Crippen LogP contribution < -0.4 is 0 Å². The lowest BCUT2D eigenvalue weighted by molar-refractivity contribution is 0.183. The summed E-state index contributed by atoms with van der Waals surface area (Å²) in [6.07, 6.45) is 0. The van der Waals surface area contributed by atoms with Crippen LogP contribution in [0.2, 0.25) is 0 Å². The highest BCUT2D eigenvalue weighted by Crippen LogP contribution is 2.27. The Balaban J connectivity index is 1.80. The Morgan fingerprint density at radius 2 is 1.92 bits per heavy atom. The van der Waals surface area contributed by atoms with Crippen LogP contribution in [0.1, 0.15) is 16.8 Å². The number of aliphatic hydroxyl groups excluding tert-OH is 1. The lowest BCUT2D eigenvalue weighted by atomic mass is 10.1. The van der Waals surface area contributed by atoms with Crippen molar-refractivity contribution in [3.63, 3.8) is 0 Å². The number of aromatic nitrogens is 1. The van der Waals surface area contributed by atoms with Gasteiger partial charge in [-0.15, -0.1) is 22.9 Å². The van der Waals surface area contributed by atoms with E-state index in [0.717, 1.165) is 21.8 Å². The van der Waals surface area contributed by atoms with Crippen molar-refractivity contribution in [3.8, 4) is 10.6 Å². The number of rotatable bonds is 8. The first-order chi connectivity index (χ1) is 12.7. The molecule has 3 nitrogen and oxygen atoms in total. The smallest absolute Gasteiger partial charge is 0.127 e. The molecule has 0 spiro atoms. The lowest BCUT2D eigenvalue weighted by Crippen LogP contribution is -2.26. The molecular weight excluding hydrogens is 371 g/mol. The van der Waals surface area contributed by atoms with Crippen LogP contribution in [0.15, 0.2) is 53.9 Å². The normalized spacial score (nSPS) is 11.2. The molecule has 2 aromatic carbocycles. The van der Waals surface area contributed by atoms with E-state index in [9.17, 15) is 9.50 Å². The maximum Gasteiger partial charge on any atom is 0.127 e. The number of hydrogen-bond donors (Lipinski definition) is 1. The van der Waals surface area contributed by atoms with Gasteiger partial charge in [-0.1, -0.05) is 30.3 Å². The Morgan fingerprint density at radius 3 is 2.62 bits per heavy atom. The third-order valence-electron chi connectivity index (χ3n) is 4.04. The zero-order chi connectivity index (χ0) is 18.4. The van der Waals surface area contributed by atoms with Gasteiger partial charge >= 0.3 is 0 Å². The van der Waals surface area contributed by atoms with Crippen LogP contribution in [-0.4, -0.2) is 28.1 Å². The molecule has 0 amide bonds. The van der Waals surface area contributed by atoms with Crippen molar-refractivity contribution in [2.75, 3.05) is 13.2 Å². The van der Waals surface area contributed by atoms with E-state index >= 15 is 0 Å². The maximum absolute atomic E-state index is 14.4. The molecular formula is C20H20ClFN2OS. The van der Waals surface area contributed by atoms with Crippen molar-refractivity contribution in [2.24, 2.45) is 0 Å². The fraction of sp³-hybridized carbons (Fsp3) is 0.250. The summed E-state index contributed by atoms with van der Waals surface area (Å²) in [5.74, 6) is 0.116. The molecule has 0 aliphatic heterocycles. The minimum atomic E-state index is -0.251. The average Bonchev–Trinajstić information content (AvgIpc) is 3.14. The molecule has 0 bridgehead atoms. The van der Waals surface area contributed by atoms with Crippen LogP contribution in [0.5, 0.6) is 0 Å². The quantitative estimate of drug-likeness (QED) is 0.567. The van der Waals surface area contributed by atoms with Crippen molar-refractivity contribution in [3.05, 3.63) is 76.5 Å². The van der Waals surface area contributed by atoms with Crippen molar-refractivity contribution >= 4 is 22.9 Å². The van der Waals surface area contributed by atoms with Gasteiger partial charge in [-0.3, -0.25) is 4.90 Å². The minimum Gasteiger partial charge on any atom is -0.395 e. The number of alkyl halides is 1. The zero-order valence-corrected chi connectivity index (χ0v) is 15.8. The fourth-order valence-corrected chi connectivity index (χ4v) is 3.81. The highest BCUT2D eigenvalue weighted by molar-refractivity contribution is 7.13. The van der Waals surface area contributed by atoms with E-state index in [0.29, 0.717) is 31.1 Å². The molecule has 3 aromatic rings. The van der Waals surface area contributed by atoms with Crippen LogP contribution in [0, 0.1) is 5.82 Å². The van der Waals surface area contributed by atoms with E-state index in [2.05, 4.69) is 4.98 Å². The van der Waals surface area contributed by atoms with E-state index in [1.54, 1.807) is 6.07 Å². The first-order valence-electron chi connectivity index (χ1n) is 8.36. The zero-order valence-electron chi connectivity index (χ0n) is 14.2. The molecule has 0 atom stereocenters. The second-order valence-corrected chi connectivity index (χ2v) is 7.13. The predicted molar refractivity (Wildman–Crippen MR) is 105 cm³/mol. The van der Waals surface area contributed by atoms with Crippen molar-refractivity contribution in [1.82, 2.24) is 9.88 Å². The van der Waals surface area contributed by atoms with E-state index in [1.807, 2.05) is 46.7 Å². The van der Waals surface area contributed by atoms with Crippen molar-refractivity contribution in [2.45, 2.75) is 19.0 Å². The molecule has 1 N–H and O–H groups in total. The van der Waals surface area contributed by atoms with Gasteiger partial charge in [0.2, 0.25) is 0 Å². The largest absolute Gasteiger partial charge is 0.395 e. The number of hydrogen-bond acceptors (Lipinski definition) is 4. The van der Waals surface area contributed by atoms with Gasteiger partial charge in [-0.2, -0.15) is 0 Å². The molecule has 6 heteroatoms. The molecule has 136 valence electrons. The van der Waals surface area contributed by atoms with Crippen LogP contribution in [0.3, 0.4) is 0 Å². The lowest BCUT2D eigenvalue weighted by Gasteiger charge is -2.22. The van der Waals surface area contributed by atoms with Gasteiger partial charge in [-0.25, -0.2) is 9.37 Å². The number of halogens is 2. The Kier molecular flexibility index (Phi) is 6.74. The molecule has 0 unspecified atom stereocenters. The Labute approximate surface area is 161 Å². The highest BCUT2D eigenvalue weighted by Gasteiger charge is 2.13. The summed E-state index contributed by atoms with van der Waals surface area (Å²) >= 11 is 7.32. The number of aliphatic hydroxyl groups is 1. The number of benzene rings is 2. The van der Waals surface area contributed by atoms with Gasteiger partial charge in [0.1, 0.15) is 10.8 Å². The van der Waals surface area contributed by atoms with Crippen molar-refractivity contribution < 1.29 is 9.50 Å². The summed E-state index contributed by atoms with van der Waals surface area (Å²) < 4.78 is 14.4. The van der Waals surface area contributed by atoms with Gasteiger partial charge in [0.05, 0.1) is 18.2 Å². The van der Waals surface area contributed by atoms with Gasteiger partial charge in [0, 0.05) is 36.1 Å². The number of thiazole rings is 1. The second-order valence-electron chi connectivity index (χ2n) is 6.00. The third-order valence-corrected chi connectivity index (χ3v) is 5.25. The predicted octanol–water partition coefficient (Wildman–Crippen LogP) is 4.68. The summed E-state index contributed by atoms with van der Waals surface area (Å²) in [7, 11) is 0. The van der Waals surface area contributed by atoms with Crippen LogP contribution in [0.4, 0.5) is 4.39 Å². The van der Waals surface area contributed by atoms with E-state index in [-0.39, 0.29) is 12.4 Å². The summed E-state index contributed by atoms with van der Waals surface area (Å²) in [4.78, 5) is 6.49. The minimum absolute atomic E-state index is 0.0275. The Hall–Kier alpha value is -1.79. The third kappa shape index (κ3) is 4.89. The van der Waals surface area contributed by atoms with E-state index in [4.69, 9.17) is 11.6 Å². The average molecular weight is 391 g/mol. The molecule has 1 heterocycles. The molecule has 0 aliphatic rings. The summed E-state index contributed by atoms with van der Waals surface area (Å²) in [6.45, 7) is 1.58. The SMILES string of the molecule is OCCN(Cc1ccccc1)Cc1cc(-c2nc(CCl)cs2)ccc1F. The Morgan fingerprint density at radius 1 is 1.12 bits per heavy atom. The first kappa shape index (κ1) is 19.0. The van der Waals surface area contributed by atoms with Gasteiger partial charge in [0.15, 0.2) is 0 Å². The number of nitrogens with zero attached hydrogens (tertiary/aromatic N) is 2. The summed E-state index contributed by atoms with van der Waals surface area (Å²) in [5, 5.41) is 12.1. The van der Waals surface area contributed by atoms with Crippen LogP contribution >= 0.6 is 22.9 Å². The molecule has 0 saturated heterocycles. The van der Waals surface area contributed by atoms with Crippen molar-refractivity contribution in [1.29, 1.82) is 0 Å². The van der Waals surface area contributed by atoms with Gasteiger partial charge < -0.3 is 5.11 Å². The van der Waals surface area contributed by atoms with E-state index < -0.39 is 0 Å². The molecule has 0 fully saturated rings. The van der Waals surface area contributed by atoms with E-state index in [1.165, 1.54) is 17.4 Å². The summed E-state index contributed by atoms with van der Waals surface area (Å²) in [6, 6.07) is 15.0. The molecule has 0 saturated carbocycles.